The Hall–Kier alpha value is -2.58. The first kappa shape index (κ1) is 18.2. The molecule has 0 aliphatic heterocycles. The van der Waals surface area contributed by atoms with Gasteiger partial charge in [-0.15, -0.1) is 0 Å². The molecule has 0 atom stereocenters. The molecule has 2 aromatic rings. The summed E-state index contributed by atoms with van der Waals surface area (Å²) < 4.78 is 25.5. The van der Waals surface area contributed by atoms with Crippen LogP contribution in [0.15, 0.2) is 30.3 Å². The summed E-state index contributed by atoms with van der Waals surface area (Å²) in [6.07, 6.45) is 2.86. The number of aliphatic hydroxyl groups is 1. The van der Waals surface area contributed by atoms with Gasteiger partial charge in [-0.05, 0) is 62.9 Å². The number of hydrogen-bond acceptors (Lipinski definition) is 4. The number of fused-ring (bicyclic) bond motifs is 1. The third kappa shape index (κ3) is 4.14. The Kier molecular flexibility index (Phi) is 5.15. The van der Waals surface area contributed by atoms with Gasteiger partial charge in [0.25, 0.3) is 0 Å². The Morgan fingerprint density at radius 3 is 2.65 bits per heavy atom. The van der Waals surface area contributed by atoms with Crippen molar-refractivity contribution in [2.45, 2.75) is 45.1 Å². The maximum atomic E-state index is 13.9. The summed E-state index contributed by atoms with van der Waals surface area (Å²) in [6.45, 7) is 3.79. The maximum Gasteiger partial charge on any atom is 0.148 e. The predicted octanol–water partition coefficient (Wildman–Crippen LogP) is 4.52. The molecular weight excluding hydrogens is 333 g/mol. The average Bonchev–Trinajstić information content (AvgIpc) is 3.07. The van der Waals surface area contributed by atoms with Gasteiger partial charge in [0.2, 0.25) is 0 Å². The van der Waals surface area contributed by atoms with Crippen LogP contribution in [-0.4, -0.2) is 17.3 Å². The van der Waals surface area contributed by atoms with Crippen LogP contribution in [0.2, 0.25) is 0 Å². The summed E-state index contributed by atoms with van der Waals surface area (Å²) in [5.74, 6) is 1.33. The van der Waals surface area contributed by atoms with Gasteiger partial charge in [-0.2, -0.15) is 5.26 Å². The smallest absolute Gasteiger partial charge is 0.148 e. The fourth-order valence-corrected chi connectivity index (χ4v) is 3.03. The molecule has 3 rings (SSSR count). The van der Waals surface area contributed by atoms with Gasteiger partial charge in [0.1, 0.15) is 29.1 Å². The van der Waals surface area contributed by atoms with Crippen LogP contribution >= 0.6 is 0 Å². The molecule has 0 spiro atoms. The van der Waals surface area contributed by atoms with Gasteiger partial charge in [0.05, 0.1) is 17.8 Å². The van der Waals surface area contributed by atoms with Crippen molar-refractivity contribution in [1.82, 2.24) is 0 Å². The van der Waals surface area contributed by atoms with Crippen LogP contribution in [-0.2, 0) is 12.8 Å². The molecule has 1 aliphatic carbocycles. The van der Waals surface area contributed by atoms with E-state index in [0.717, 1.165) is 18.4 Å². The van der Waals surface area contributed by atoms with Crippen molar-refractivity contribution in [2.75, 3.05) is 6.61 Å². The van der Waals surface area contributed by atoms with Crippen LogP contribution in [0.5, 0.6) is 17.2 Å². The van der Waals surface area contributed by atoms with Crippen molar-refractivity contribution in [3.8, 4) is 23.3 Å². The van der Waals surface area contributed by atoms with Crippen molar-refractivity contribution in [3.05, 3.63) is 52.8 Å². The van der Waals surface area contributed by atoms with Gasteiger partial charge in [-0.3, -0.25) is 0 Å². The van der Waals surface area contributed by atoms with Crippen LogP contribution in [0.25, 0.3) is 0 Å². The first-order valence-corrected chi connectivity index (χ1v) is 8.75. The second-order valence-electron chi connectivity index (χ2n) is 7.14. The summed E-state index contributed by atoms with van der Waals surface area (Å²) in [5, 5.41) is 19.1. The lowest BCUT2D eigenvalue weighted by atomic mass is 10.1. The summed E-state index contributed by atoms with van der Waals surface area (Å²) in [7, 11) is 0. The summed E-state index contributed by atoms with van der Waals surface area (Å²) in [5.41, 5.74) is 1.16. The molecular formula is C21H22FNO3. The molecule has 0 unspecified atom stereocenters. The Morgan fingerprint density at radius 1 is 1.15 bits per heavy atom. The lowest BCUT2D eigenvalue weighted by Gasteiger charge is -2.17. The highest BCUT2D eigenvalue weighted by atomic mass is 19.1. The molecule has 136 valence electrons. The average molecular weight is 355 g/mol. The third-order valence-corrected chi connectivity index (χ3v) is 4.46. The molecule has 5 heteroatoms. The zero-order valence-corrected chi connectivity index (χ0v) is 15.0. The predicted molar refractivity (Wildman–Crippen MR) is 96.1 cm³/mol. The van der Waals surface area contributed by atoms with Gasteiger partial charge >= 0.3 is 0 Å². The Morgan fingerprint density at radius 2 is 1.92 bits per heavy atom. The van der Waals surface area contributed by atoms with E-state index in [1.54, 1.807) is 38.1 Å². The maximum absolute atomic E-state index is 13.9. The normalized spacial score (nSPS) is 13.2. The minimum Gasteiger partial charge on any atom is -0.493 e. The fraction of sp³-hybridized carbons (Fsp3) is 0.381. The zero-order valence-electron chi connectivity index (χ0n) is 15.0. The fourth-order valence-electron chi connectivity index (χ4n) is 3.03. The van der Waals surface area contributed by atoms with E-state index in [1.165, 1.54) is 6.07 Å². The van der Waals surface area contributed by atoms with E-state index in [0.29, 0.717) is 47.8 Å². The Bertz CT molecular complexity index is 850. The van der Waals surface area contributed by atoms with Crippen LogP contribution < -0.4 is 9.47 Å². The molecule has 1 aliphatic rings. The minimum atomic E-state index is -0.805. The van der Waals surface area contributed by atoms with Crippen LogP contribution in [0.4, 0.5) is 4.39 Å². The van der Waals surface area contributed by atoms with Crippen molar-refractivity contribution < 1.29 is 19.0 Å². The molecule has 0 aromatic heterocycles. The topological polar surface area (TPSA) is 62.5 Å². The number of ether oxygens (including phenoxy) is 2. The molecule has 0 bridgehead atoms. The molecule has 0 amide bonds. The van der Waals surface area contributed by atoms with E-state index < -0.39 is 5.60 Å². The number of nitrogens with zero attached hydrogens (tertiary/aromatic N) is 1. The largest absolute Gasteiger partial charge is 0.493 e. The SMILES string of the molecule is CC(C)(O)CCOc1ccc(C#N)c(Oc2ccc(F)c3c2CCC3)c1. The first-order valence-electron chi connectivity index (χ1n) is 8.75. The van der Waals surface area contributed by atoms with Crippen LogP contribution in [0.3, 0.4) is 0 Å². The van der Waals surface area contributed by atoms with E-state index in [4.69, 9.17) is 9.47 Å². The summed E-state index contributed by atoms with van der Waals surface area (Å²) in [6, 6.07) is 10.1. The van der Waals surface area contributed by atoms with Gasteiger partial charge in [-0.25, -0.2) is 4.39 Å². The van der Waals surface area contributed by atoms with Gasteiger partial charge in [0, 0.05) is 18.1 Å². The highest BCUT2D eigenvalue weighted by Crippen LogP contribution is 2.37. The zero-order chi connectivity index (χ0) is 18.7. The van der Waals surface area contributed by atoms with Crippen molar-refractivity contribution >= 4 is 0 Å². The minimum absolute atomic E-state index is 0.200. The molecule has 0 saturated heterocycles. The molecule has 2 aromatic carbocycles. The van der Waals surface area contributed by atoms with Gasteiger partial charge in [0.15, 0.2) is 0 Å². The van der Waals surface area contributed by atoms with E-state index in [2.05, 4.69) is 6.07 Å². The highest BCUT2D eigenvalue weighted by molar-refractivity contribution is 5.52. The molecule has 26 heavy (non-hydrogen) atoms. The number of rotatable bonds is 6. The second-order valence-corrected chi connectivity index (χ2v) is 7.14. The molecule has 0 heterocycles. The molecule has 1 N–H and O–H groups in total. The first-order chi connectivity index (χ1) is 12.4. The van der Waals surface area contributed by atoms with Crippen molar-refractivity contribution in [3.63, 3.8) is 0 Å². The molecule has 4 nitrogen and oxygen atoms in total. The number of benzene rings is 2. The molecule has 0 saturated carbocycles. The van der Waals surface area contributed by atoms with E-state index in [-0.39, 0.29) is 5.82 Å². The molecule has 0 fully saturated rings. The van der Waals surface area contributed by atoms with Gasteiger partial charge < -0.3 is 14.6 Å². The van der Waals surface area contributed by atoms with E-state index in [1.807, 2.05) is 0 Å². The lowest BCUT2D eigenvalue weighted by molar-refractivity contribution is 0.0553. The third-order valence-electron chi connectivity index (χ3n) is 4.46. The van der Waals surface area contributed by atoms with Crippen molar-refractivity contribution in [2.24, 2.45) is 0 Å². The van der Waals surface area contributed by atoms with Crippen LogP contribution in [0, 0.1) is 17.1 Å². The van der Waals surface area contributed by atoms with Gasteiger partial charge in [-0.1, -0.05) is 0 Å². The Balaban J connectivity index is 1.82. The van der Waals surface area contributed by atoms with E-state index in [9.17, 15) is 14.8 Å². The highest BCUT2D eigenvalue weighted by Gasteiger charge is 2.21. The van der Waals surface area contributed by atoms with Crippen LogP contribution in [0.1, 0.15) is 43.4 Å². The quantitative estimate of drug-likeness (QED) is 0.828. The number of hydrogen-bond donors (Lipinski definition) is 1. The van der Waals surface area contributed by atoms with E-state index >= 15 is 0 Å². The summed E-state index contributed by atoms with van der Waals surface area (Å²) >= 11 is 0. The molecule has 0 radical (unpaired) electrons. The second kappa shape index (κ2) is 7.35. The Labute approximate surface area is 152 Å². The van der Waals surface area contributed by atoms with Crippen molar-refractivity contribution in [1.29, 1.82) is 5.26 Å². The number of halogens is 1. The summed E-state index contributed by atoms with van der Waals surface area (Å²) in [4.78, 5) is 0. The lowest BCUT2D eigenvalue weighted by Crippen LogP contribution is -2.21. The number of nitriles is 1. The standard InChI is InChI=1S/C21H22FNO3/c1-21(2,24)10-11-25-15-7-6-14(13-23)20(12-15)26-19-9-8-18(22)16-4-3-5-17(16)19/h6-9,12,24H,3-5,10-11H2,1-2H3. The monoisotopic (exact) mass is 355 g/mol.